The highest BCUT2D eigenvalue weighted by molar-refractivity contribution is 6.30. The minimum atomic E-state index is -0.322. The fourth-order valence-electron chi connectivity index (χ4n) is 4.52. The summed E-state index contributed by atoms with van der Waals surface area (Å²) in [5.74, 6) is 1.21. The molecule has 3 aromatic carbocycles. The van der Waals surface area contributed by atoms with E-state index in [0.717, 1.165) is 22.4 Å². The summed E-state index contributed by atoms with van der Waals surface area (Å²) in [5.41, 5.74) is 3.51. The van der Waals surface area contributed by atoms with Gasteiger partial charge in [0.1, 0.15) is 12.4 Å². The van der Waals surface area contributed by atoms with Crippen molar-refractivity contribution in [1.82, 2.24) is 15.5 Å². The van der Waals surface area contributed by atoms with E-state index in [1.54, 1.807) is 17.0 Å². The van der Waals surface area contributed by atoms with Crippen molar-refractivity contribution in [3.63, 3.8) is 0 Å². The van der Waals surface area contributed by atoms with Crippen LogP contribution in [0.1, 0.15) is 53.7 Å². The number of carbonyl (C=O) groups excluding carboxylic acids is 2. The van der Waals surface area contributed by atoms with Gasteiger partial charge in [0.2, 0.25) is 0 Å². The summed E-state index contributed by atoms with van der Waals surface area (Å²) in [7, 11) is 0. The molecule has 7 nitrogen and oxygen atoms in total. The average Bonchev–Trinajstić information content (AvgIpc) is 2.96. The topological polar surface area (TPSA) is 79.9 Å². The maximum atomic E-state index is 13.2. The number of nitrogens with zero attached hydrogens (tertiary/aromatic N) is 1. The first kappa shape index (κ1) is 29.4. The number of rotatable bonds is 11. The number of nitrogens with one attached hydrogen (secondary N) is 2. The maximum Gasteiger partial charge on any atom is 0.410 e. The molecule has 0 saturated carbocycles. The van der Waals surface area contributed by atoms with Crippen LogP contribution in [0.15, 0.2) is 72.8 Å². The molecule has 0 bridgehead atoms. The Balaban J connectivity index is 1.24. The van der Waals surface area contributed by atoms with E-state index in [1.807, 2.05) is 60.7 Å². The Morgan fingerprint density at radius 2 is 1.68 bits per heavy atom. The Hall–Kier alpha value is -3.55. The normalized spacial score (nSPS) is 13.8. The molecule has 2 amide bonds. The van der Waals surface area contributed by atoms with Gasteiger partial charge in [0, 0.05) is 42.8 Å². The average molecular weight is 564 g/mol. The third-order valence-corrected chi connectivity index (χ3v) is 6.99. The fourth-order valence-corrected chi connectivity index (χ4v) is 4.71. The molecule has 1 aliphatic rings. The summed E-state index contributed by atoms with van der Waals surface area (Å²) in [4.78, 5) is 27.4. The summed E-state index contributed by atoms with van der Waals surface area (Å²) in [5, 5.41) is 7.15. The van der Waals surface area contributed by atoms with E-state index >= 15 is 0 Å². The van der Waals surface area contributed by atoms with Crippen LogP contribution in [-0.4, -0.2) is 42.6 Å². The Labute approximate surface area is 241 Å². The monoisotopic (exact) mass is 563 g/mol. The van der Waals surface area contributed by atoms with Gasteiger partial charge >= 0.3 is 6.09 Å². The molecular formula is C32H38ClN3O4. The summed E-state index contributed by atoms with van der Waals surface area (Å²) >= 11 is 6.27. The fraction of sp³-hybridized carbons (Fsp3) is 0.375. The van der Waals surface area contributed by atoms with Crippen molar-refractivity contribution in [3.8, 4) is 5.75 Å². The zero-order valence-corrected chi connectivity index (χ0v) is 24.0. The molecule has 0 spiro atoms. The van der Waals surface area contributed by atoms with Gasteiger partial charge in [0.25, 0.3) is 5.91 Å². The predicted octanol–water partition coefficient (Wildman–Crippen LogP) is 6.20. The Morgan fingerprint density at radius 1 is 0.950 bits per heavy atom. The number of halogens is 1. The van der Waals surface area contributed by atoms with Crippen molar-refractivity contribution >= 4 is 23.6 Å². The zero-order valence-electron chi connectivity index (χ0n) is 23.2. The quantitative estimate of drug-likeness (QED) is 0.290. The van der Waals surface area contributed by atoms with Crippen molar-refractivity contribution in [2.24, 2.45) is 5.92 Å². The molecule has 0 atom stereocenters. The molecule has 0 aliphatic carbocycles. The second-order valence-corrected chi connectivity index (χ2v) is 11.0. The standard InChI is InChI=1S/C32H38ClN3O4/c1-23(2)21-39-29-11-8-24(9-12-29)19-34-20-26-18-27(33)10-13-30(26)31(37)35-28-14-16-36(17-15-28)32(38)40-22-25-6-4-3-5-7-25/h3-13,18,23,28,34H,14-17,19-22H2,1-2H3,(H,35,37). The maximum absolute atomic E-state index is 13.2. The molecular weight excluding hydrogens is 526 g/mol. The highest BCUT2D eigenvalue weighted by Crippen LogP contribution is 2.19. The number of carbonyl (C=O) groups is 2. The van der Waals surface area contributed by atoms with Gasteiger partial charge in [-0.05, 0) is 65.8 Å². The van der Waals surface area contributed by atoms with Crippen LogP contribution in [0.3, 0.4) is 0 Å². The molecule has 0 aromatic heterocycles. The molecule has 2 N–H and O–H groups in total. The Kier molecular flexibility index (Phi) is 10.8. The van der Waals surface area contributed by atoms with E-state index in [1.165, 1.54) is 0 Å². The molecule has 212 valence electrons. The highest BCUT2D eigenvalue weighted by Gasteiger charge is 2.25. The lowest BCUT2D eigenvalue weighted by atomic mass is 10.0. The highest BCUT2D eigenvalue weighted by atomic mass is 35.5. The third kappa shape index (κ3) is 9.00. The van der Waals surface area contributed by atoms with Gasteiger partial charge in [-0.2, -0.15) is 0 Å². The largest absolute Gasteiger partial charge is 0.493 e. The van der Waals surface area contributed by atoms with Crippen molar-refractivity contribution in [3.05, 3.63) is 100 Å². The minimum absolute atomic E-state index is 0.0152. The molecule has 40 heavy (non-hydrogen) atoms. The summed E-state index contributed by atoms with van der Waals surface area (Å²) in [6.45, 7) is 7.41. The van der Waals surface area contributed by atoms with E-state index < -0.39 is 0 Å². The molecule has 1 fully saturated rings. The Morgan fingerprint density at radius 3 is 2.38 bits per heavy atom. The summed E-state index contributed by atoms with van der Waals surface area (Å²) in [6.07, 6.45) is 1.02. The first-order valence-electron chi connectivity index (χ1n) is 13.8. The molecule has 1 aliphatic heterocycles. The van der Waals surface area contributed by atoms with Gasteiger partial charge in [0.15, 0.2) is 0 Å². The van der Waals surface area contributed by atoms with Crippen LogP contribution >= 0.6 is 11.6 Å². The minimum Gasteiger partial charge on any atom is -0.493 e. The van der Waals surface area contributed by atoms with Crippen LogP contribution < -0.4 is 15.4 Å². The van der Waals surface area contributed by atoms with Gasteiger partial charge in [0.05, 0.1) is 6.61 Å². The number of hydrogen-bond acceptors (Lipinski definition) is 5. The summed E-state index contributed by atoms with van der Waals surface area (Å²) in [6, 6.07) is 23.0. The van der Waals surface area contributed by atoms with Gasteiger partial charge in [-0.1, -0.05) is 67.9 Å². The van der Waals surface area contributed by atoms with Crippen LogP contribution in [0.4, 0.5) is 4.79 Å². The van der Waals surface area contributed by atoms with Crippen LogP contribution in [0.2, 0.25) is 5.02 Å². The van der Waals surface area contributed by atoms with Gasteiger partial charge in [-0.3, -0.25) is 4.79 Å². The van der Waals surface area contributed by atoms with E-state index in [9.17, 15) is 9.59 Å². The lowest BCUT2D eigenvalue weighted by Crippen LogP contribution is -2.46. The predicted molar refractivity (Wildman–Crippen MR) is 157 cm³/mol. The third-order valence-electron chi connectivity index (χ3n) is 6.76. The lowest BCUT2D eigenvalue weighted by Gasteiger charge is -2.31. The molecule has 0 radical (unpaired) electrons. The van der Waals surface area contributed by atoms with Crippen molar-refractivity contribution < 1.29 is 19.1 Å². The number of hydrogen-bond donors (Lipinski definition) is 2. The molecule has 1 saturated heterocycles. The van der Waals surface area contributed by atoms with E-state index in [4.69, 9.17) is 21.1 Å². The number of ether oxygens (including phenoxy) is 2. The number of amides is 2. The smallest absolute Gasteiger partial charge is 0.410 e. The van der Waals surface area contributed by atoms with Gasteiger partial charge < -0.3 is 25.0 Å². The van der Waals surface area contributed by atoms with Crippen molar-refractivity contribution in [2.75, 3.05) is 19.7 Å². The van der Waals surface area contributed by atoms with Crippen molar-refractivity contribution in [2.45, 2.75) is 52.4 Å². The molecule has 8 heteroatoms. The number of benzene rings is 3. The number of piperidine rings is 1. The van der Waals surface area contributed by atoms with Gasteiger partial charge in [-0.15, -0.1) is 0 Å². The lowest BCUT2D eigenvalue weighted by molar-refractivity contribution is 0.0809. The van der Waals surface area contributed by atoms with Gasteiger partial charge in [-0.25, -0.2) is 4.79 Å². The first-order valence-corrected chi connectivity index (χ1v) is 14.2. The van der Waals surface area contributed by atoms with Crippen LogP contribution in [0.25, 0.3) is 0 Å². The Bertz CT molecular complexity index is 1240. The molecule has 3 aromatic rings. The van der Waals surface area contributed by atoms with Crippen LogP contribution in [-0.2, 0) is 24.4 Å². The molecule has 4 rings (SSSR count). The SMILES string of the molecule is CC(C)COc1ccc(CNCc2cc(Cl)ccc2C(=O)NC2CCN(C(=O)OCc3ccccc3)CC2)cc1. The van der Waals surface area contributed by atoms with Crippen LogP contribution in [0.5, 0.6) is 5.75 Å². The van der Waals surface area contributed by atoms with E-state index in [-0.39, 0.29) is 24.6 Å². The summed E-state index contributed by atoms with van der Waals surface area (Å²) < 4.78 is 11.2. The zero-order chi connectivity index (χ0) is 28.3. The molecule has 1 heterocycles. The van der Waals surface area contributed by atoms with E-state index in [2.05, 4.69) is 24.5 Å². The number of likely N-dealkylation sites (tertiary alicyclic amines) is 1. The van der Waals surface area contributed by atoms with Crippen molar-refractivity contribution in [1.29, 1.82) is 0 Å². The molecule has 0 unspecified atom stereocenters. The second kappa shape index (κ2) is 14.7. The second-order valence-electron chi connectivity index (χ2n) is 10.5. The van der Waals surface area contributed by atoms with E-state index in [0.29, 0.717) is 62.1 Å². The van der Waals surface area contributed by atoms with Crippen LogP contribution in [0, 0.1) is 5.92 Å². The first-order chi connectivity index (χ1) is 19.4.